The molecule has 0 aliphatic carbocycles. The van der Waals surface area contributed by atoms with E-state index in [0.717, 1.165) is 15.7 Å². The van der Waals surface area contributed by atoms with Crippen LogP contribution in [0.25, 0.3) is 16.7 Å². The monoisotopic (exact) mass is 360 g/mol. The molecule has 0 spiro atoms. The summed E-state index contributed by atoms with van der Waals surface area (Å²) in [5.41, 5.74) is 2.62. The molecule has 0 fully saturated rings. The number of halogens is 1. The number of para-hydroxylation sites is 2. The highest BCUT2D eigenvalue weighted by Crippen LogP contribution is 2.22. The largest absolute Gasteiger partial charge is 0.480 e. The third-order valence-electron chi connectivity index (χ3n) is 3.53. The van der Waals surface area contributed by atoms with E-state index in [0.29, 0.717) is 11.0 Å². The highest BCUT2D eigenvalue weighted by molar-refractivity contribution is 9.10. The molecule has 2 aromatic carbocycles. The predicted octanol–water partition coefficient (Wildman–Crippen LogP) is 2.95. The number of hydrogen-bond acceptors (Lipinski definition) is 2. The number of carbonyl (C=O) groups is 1. The van der Waals surface area contributed by atoms with E-state index in [1.807, 2.05) is 37.3 Å². The van der Waals surface area contributed by atoms with Gasteiger partial charge in [-0.2, -0.15) is 0 Å². The zero-order valence-corrected chi connectivity index (χ0v) is 13.4. The number of aromatic nitrogens is 2. The first-order valence-corrected chi connectivity index (χ1v) is 7.47. The highest BCUT2D eigenvalue weighted by atomic mass is 79.9. The highest BCUT2D eigenvalue weighted by Gasteiger charge is 2.17. The van der Waals surface area contributed by atoms with Gasteiger partial charge in [0.1, 0.15) is 6.54 Å². The normalized spacial score (nSPS) is 11.0. The molecular formula is C16H13BrN2O3. The molecule has 1 heterocycles. The third-order valence-corrected chi connectivity index (χ3v) is 4.02. The fourth-order valence-electron chi connectivity index (χ4n) is 2.60. The molecule has 0 aliphatic rings. The van der Waals surface area contributed by atoms with Crippen LogP contribution in [0.15, 0.2) is 51.7 Å². The first-order chi connectivity index (χ1) is 10.5. The molecule has 3 aromatic rings. The van der Waals surface area contributed by atoms with Crippen molar-refractivity contribution in [2.24, 2.45) is 0 Å². The molecule has 0 unspecified atom stereocenters. The minimum absolute atomic E-state index is 0.353. The van der Waals surface area contributed by atoms with Gasteiger partial charge in [0, 0.05) is 4.47 Å². The summed E-state index contributed by atoms with van der Waals surface area (Å²) in [7, 11) is 0. The van der Waals surface area contributed by atoms with Gasteiger partial charge in [0.15, 0.2) is 0 Å². The summed E-state index contributed by atoms with van der Waals surface area (Å²) in [5.74, 6) is -1.04. The predicted molar refractivity (Wildman–Crippen MR) is 87.6 cm³/mol. The number of imidazole rings is 1. The number of nitrogens with zero attached hydrogens (tertiary/aromatic N) is 2. The van der Waals surface area contributed by atoms with Gasteiger partial charge in [0.2, 0.25) is 0 Å². The van der Waals surface area contributed by atoms with Gasteiger partial charge >= 0.3 is 11.7 Å². The maximum Gasteiger partial charge on any atom is 0.334 e. The molecule has 0 amide bonds. The van der Waals surface area contributed by atoms with Crippen molar-refractivity contribution in [1.29, 1.82) is 0 Å². The molecule has 0 saturated carbocycles. The maximum absolute atomic E-state index is 12.7. The third kappa shape index (κ3) is 2.35. The van der Waals surface area contributed by atoms with Gasteiger partial charge < -0.3 is 5.11 Å². The average molecular weight is 361 g/mol. The molecule has 0 atom stereocenters. The number of carboxylic acids is 1. The molecule has 5 nitrogen and oxygen atoms in total. The molecule has 1 N–H and O–H groups in total. The van der Waals surface area contributed by atoms with Crippen LogP contribution in [0.3, 0.4) is 0 Å². The summed E-state index contributed by atoms with van der Waals surface area (Å²) in [6, 6.07) is 12.8. The van der Waals surface area contributed by atoms with Crippen LogP contribution in [0.1, 0.15) is 5.56 Å². The summed E-state index contributed by atoms with van der Waals surface area (Å²) in [4.78, 5) is 23.8. The molecule has 0 bridgehead atoms. The Balaban J connectivity index is 2.37. The first kappa shape index (κ1) is 14.6. The van der Waals surface area contributed by atoms with Crippen LogP contribution in [0, 0.1) is 6.92 Å². The molecule has 6 heteroatoms. The van der Waals surface area contributed by atoms with E-state index in [2.05, 4.69) is 15.9 Å². The number of fused-ring (bicyclic) bond motifs is 1. The lowest BCUT2D eigenvalue weighted by Gasteiger charge is -2.07. The van der Waals surface area contributed by atoms with Gasteiger partial charge in [-0.05, 0) is 42.8 Å². The van der Waals surface area contributed by atoms with Crippen molar-refractivity contribution in [3.63, 3.8) is 0 Å². The van der Waals surface area contributed by atoms with Crippen LogP contribution in [-0.2, 0) is 11.3 Å². The molecule has 0 radical (unpaired) electrons. The quantitative estimate of drug-likeness (QED) is 0.780. The first-order valence-electron chi connectivity index (χ1n) is 6.67. The van der Waals surface area contributed by atoms with Gasteiger partial charge in [-0.25, -0.2) is 4.79 Å². The van der Waals surface area contributed by atoms with Gasteiger partial charge in [-0.1, -0.05) is 28.1 Å². The van der Waals surface area contributed by atoms with Crippen molar-refractivity contribution < 1.29 is 9.90 Å². The van der Waals surface area contributed by atoms with Gasteiger partial charge in [-0.3, -0.25) is 13.9 Å². The SMILES string of the molecule is Cc1cc(Br)ccc1-n1c(=O)n(CC(=O)O)c2ccccc21. The van der Waals surface area contributed by atoms with Crippen molar-refractivity contribution in [2.45, 2.75) is 13.5 Å². The fourth-order valence-corrected chi connectivity index (χ4v) is 3.07. The van der Waals surface area contributed by atoms with Crippen LogP contribution >= 0.6 is 15.9 Å². The van der Waals surface area contributed by atoms with Crippen LogP contribution in [0.2, 0.25) is 0 Å². The number of aliphatic carboxylic acids is 1. The second kappa shape index (κ2) is 5.46. The van der Waals surface area contributed by atoms with Crippen molar-refractivity contribution in [1.82, 2.24) is 9.13 Å². The molecule has 1 aromatic heterocycles. The summed E-state index contributed by atoms with van der Waals surface area (Å²) < 4.78 is 3.76. The van der Waals surface area contributed by atoms with E-state index in [4.69, 9.17) is 5.11 Å². The minimum atomic E-state index is -1.04. The smallest absolute Gasteiger partial charge is 0.334 e. The van der Waals surface area contributed by atoms with Crippen LogP contribution in [0.5, 0.6) is 0 Å². The Bertz CT molecular complexity index is 940. The van der Waals surface area contributed by atoms with Crippen molar-refractivity contribution in [2.75, 3.05) is 0 Å². The fraction of sp³-hybridized carbons (Fsp3) is 0.125. The van der Waals surface area contributed by atoms with Crippen LogP contribution in [0.4, 0.5) is 0 Å². The molecule has 112 valence electrons. The van der Waals surface area contributed by atoms with E-state index in [-0.39, 0.29) is 12.2 Å². The van der Waals surface area contributed by atoms with Gasteiger partial charge in [-0.15, -0.1) is 0 Å². The number of rotatable bonds is 3. The second-order valence-electron chi connectivity index (χ2n) is 5.02. The van der Waals surface area contributed by atoms with Crippen molar-refractivity contribution >= 4 is 32.9 Å². The summed E-state index contributed by atoms with van der Waals surface area (Å²) >= 11 is 3.40. The zero-order valence-electron chi connectivity index (χ0n) is 11.8. The number of hydrogen-bond donors (Lipinski definition) is 1. The van der Waals surface area contributed by atoms with Crippen LogP contribution < -0.4 is 5.69 Å². The summed E-state index contributed by atoms with van der Waals surface area (Å²) in [5, 5.41) is 9.05. The topological polar surface area (TPSA) is 64.2 Å². The van der Waals surface area contributed by atoms with Crippen LogP contribution in [-0.4, -0.2) is 20.2 Å². The molecule has 0 saturated heterocycles. The Hall–Kier alpha value is -2.34. The second-order valence-corrected chi connectivity index (χ2v) is 5.93. The average Bonchev–Trinajstić information content (AvgIpc) is 2.72. The molecular weight excluding hydrogens is 348 g/mol. The lowest BCUT2D eigenvalue weighted by Crippen LogP contribution is -2.26. The van der Waals surface area contributed by atoms with Crippen molar-refractivity contribution in [3.8, 4) is 5.69 Å². The lowest BCUT2D eigenvalue weighted by molar-refractivity contribution is -0.137. The minimum Gasteiger partial charge on any atom is -0.480 e. The number of carboxylic acid groups (broad SMARTS) is 1. The van der Waals surface area contributed by atoms with Crippen molar-refractivity contribution in [3.05, 3.63) is 63.0 Å². The summed E-state index contributed by atoms with van der Waals surface area (Å²) in [6.45, 7) is 1.55. The molecule has 22 heavy (non-hydrogen) atoms. The Morgan fingerprint density at radius 2 is 1.86 bits per heavy atom. The Kier molecular flexibility index (Phi) is 3.62. The summed E-state index contributed by atoms with van der Waals surface area (Å²) in [6.07, 6.45) is 0. The van der Waals surface area contributed by atoms with Gasteiger partial charge in [0.25, 0.3) is 0 Å². The van der Waals surface area contributed by atoms with Gasteiger partial charge in [0.05, 0.1) is 16.7 Å². The lowest BCUT2D eigenvalue weighted by atomic mass is 10.2. The van der Waals surface area contributed by atoms with E-state index < -0.39 is 5.97 Å². The molecule has 0 aliphatic heterocycles. The standard InChI is InChI=1S/C16H13BrN2O3/c1-10-8-11(17)6-7-12(10)19-14-5-3-2-4-13(14)18(16(19)22)9-15(20)21/h2-8H,9H2,1H3,(H,20,21). The maximum atomic E-state index is 12.7. The Morgan fingerprint density at radius 1 is 1.18 bits per heavy atom. The van der Waals surface area contributed by atoms with E-state index in [1.54, 1.807) is 16.7 Å². The van der Waals surface area contributed by atoms with E-state index in [9.17, 15) is 9.59 Å². The Labute approximate surface area is 134 Å². The number of benzene rings is 2. The van der Waals surface area contributed by atoms with E-state index >= 15 is 0 Å². The zero-order chi connectivity index (χ0) is 15.9. The number of aryl methyl sites for hydroxylation is 1. The Morgan fingerprint density at radius 3 is 2.50 bits per heavy atom. The molecule has 3 rings (SSSR count). The van der Waals surface area contributed by atoms with E-state index in [1.165, 1.54) is 4.57 Å².